The number of benzene rings is 1. The number of nitrogens with zero attached hydrogens (tertiary/aromatic N) is 2. The molecule has 0 bridgehead atoms. The molecule has 0 radical (unpaired) electrons. The molecular formula is C11H14N4. The van der Waals surface area contributed by atoms with Crippen LogP contribution in [0.2, 0.25) is 0 Å². The lowest BCUT2D eigenvalue weighted by molar-refractivity contribution is 0.496. The summed E-state index contributed by atoms with van der Waals surface area (Å²) in [5.41, 5.74) is 11.7. The van der Waals surface area contributed by atoms with Crippen LogP contribution in [0.5, 0.6) is 0 Å². The predicted molar refractivity (Wildman–Crippen MR) is 63.5 cm³/mol. The zero-order valence-corrected chi connectivity index (χ0v) is 8.86. The smallest absolute Gasteiger partial charge is 0.0727 e. The van der Waals surface area contributed by atoms with Gasteiger partial charge in [0.15, 0.2) is 0 Å². The monoisotopic (exact) mass is 202 g/mol. The van der Waals surface area contributed by atoms with Crippen molar-refractivity contribution in [2.45, 2.75) is 0 Å². The molecule has 0 amide bonds. The molecule has 0 unspecified atom stereocenters. The van der Waals surface area contributed by atoms with E-state index in [0.29, 0.717) is 0 Å². The van der Waals surface area contributed by atoms with E-state index in [1.54, 1.807) is 6.20 Å². The maximum atomic E-state index is 6.04. The van der Waals surface area contributed by atoms with Crippen molar-refractivity contribution in [1.82, 2.24) is 9.99 Å². The number of fused-ring (bicyclic) bond motifs is 1. The first-order valence-corrected chi connectivity index (χ1v) is 4.75. The Labute approximate surface area is 88.7 Å². The van der Waals surface area contributed by atoms with Crippen LogP contribution < -0.4 is 11.2 Å². The van der Waals surface area contributed by atoms with E-state index in [0.717, 1.165) is 22.3 Å². The highest BCUT2D eigenvalue weighted by molar-refractivity contribution is 5.96. The van der Waals surface area contributed by atoms with Gasteiger partial charge in [-0.1, -0.05) is 0 Å². The molecule has 0 fully saturated rings. The van der Waals surface area contributed by atoms with Crippen LogP contribution in [0, 0.1) is 0 Å². The summed E-state index contributed by atoms with van der Waals surface area (Å²) in [5.74, 6) is 0. The summed E-state index contributed by atoms with van der Waals surface area (Å²) in [6.45, 7) is 0. The van der Waals surface area contributed by atoms with Crippen molar-refractivity contribution in [2.75, 3.05) is 25.3 Å². The summed E-state index contributed by atoms with van der Waals surface area (Å²) in [5, 5.41) is 2.83. The van der Waals surface area contributed by atoms with Crippen LogP contribution in [0.4, 0.5) is 11.4 Å². The molecule has 0 aliphatic heterocycles. The number of hydrogen-bond donors (Lipinski definition) is 2. The number of pyridine rings is 1. The van der Waals surface area contributed by atoms with Gasteiger partial charge in [-0.2, -0.15) is 0 Å². The average Bonchev–Trinajstić information content (AvgIpc) is 2.22. The Bertz CT molecular complexity index is 479. The third-order valence-corrected chi connectivity index (χ3v) is 2.17. The summed E-state index contributed by atoms with van der Waals surface area (Å²) in [4.78, 5) is 4.24. The topological polar surface area (TPSA) is 54.2 Å². The zero-order valence-electron chi connectivity index (χ0n) is 8.86. The summed E-state index contributed by atoms with van der Waals surface area (Å²) in [7, 11) is 3.85. The number of nitrogens with two attached hydrogens (primary N) is 1. The number of hydrazine groups is 1. The van der Waals surface area contributed by atoms with E-state index in [1.807, 2.05) is 43.4 Å². The van der Waals surface area contributed by atoms with Crippen LogP contribution >= 0.6 is 0 Å². The van der Waals surface area contributed by atoms with Crippen LogP contribution in [0.1, 0.15) is 0 Å². The molecule has 0 saturated carbocycles. The summed E-state index contributed by atoms with van der Waals surface area (Å²) in [6.07, 6.45) is 1.76. The van der Waals surface area contributed by atoms with E-state index in [-0.39, 0.29) is 0 Å². The van der Waals surface area contributed by atoms with E-state index in [1.165, 1.54) is 0 Å². The molecular weight excluding hydrogens is 188 g/mol. The molecule has 4 heteroatoms. The number of anilines is 2. The SMILES string of the molecule is CN(C)Nc1ccc2ncccc2c1N. The summed E-state index contributed by atoms with van der Waals surface area (Å²) in [6, 6.07) is 7.75. The Kier molecular flexibility index (Phi) is 2.43. The molecule has 0 atom stereocenters. The molecule has 1 heterocycles. The van der Waals surface area contributed by atoms with Gasteiger partial charge < -0.3 is 11.2 Å². The van der Waals surface area contributed by atoms with Crippen LogP contribution in [0.15, 0.2) is 30.5 Å². The molecule has 4 nitrogen and oxygen atoms in total. The molecule has 2 aromatic rings. The van der Waals surface area contributed by atoms with E-state index in [9.17, 15) is 0 Å². The minimum Gasteiger partial charge on any atom is -0.396 e. The third-order valence-electron chi connectivity index (χ3n) is 2.17. The van der Waals surface area contributed by atoms with Crippen LogP contribution in [-0.4, -0.2) is 24.1 Å². The zero-order chi connectivity index (χ0) is 10.8. The van der Waals surface area contributed by atoms with Crippen molar-refractivity contribution in [3.8, 4) is 0 Å². The molecule has 15 heavy (non-hydrogen) atoms. The van der Waals surface area contributed by atoms with Gasteiger partial charge in [0.1, 0.15) is 0 Å². The van der Waals surface area contributed by atoms with Gasteiger partial charge in [0.25, 0.3) is 0 Å². The molecule has 2 rings (SSSR count). The molecule has 0 aliphatic carbocycles. The largest absolute Gasteiger partial charge is 0.396 e. The maximum absolute atomic E-state index is 6.04. The molecule has 78 valence electrons. The molecule has 3 N–H and O–H groups in total. The second kappa shape index (κ2) is 3.74. The fraction of sp³-hybridized carbons (Fsp3) is 0.182. The molecule has 1 aromatic heterocycles. The minimum absolute atomic E-state index is 0.731. The molecule has 0 saturated heterocycles. The average molecular weight is 202 g/mol. The Morgan fingerprint density at radius 1 is 1.27 bits per heavy atom. The van der Waals surface area contributed by atoms with Crippen LogP contribution in [0.3, 0.4) is 0 Å². The van der Waals surface area contributed by atoms with Gasteiger partial charge in [-0.25, -0.2) is 5.01 Å². The highest BCUT2D eigenvalue weighted by atomic mass is 15.5. The second-order valence-corrected chi connectivity index (χ2v) is 3.60. The van der Waals surface area contributed by atoms with Crippen molar-refractivity contribution in [2.24, 2.45) is 0 Å². The summed E-state index contributed by atoms with van der Waals surface area (Å²) >= 11 is 0. The number of aromatic nitrogens is 1. The second-order valence-electron chi connectivity index (χ2n) is 3.60. The van der Waals surface area contributed by atoms with Gasteiger partial charge in [0, 0.05) is 25.7 Å². The minimum atomic E-state index is 0.731. The fourth-order valence-corrected chi connectivity index (χ4v) is 1.51. The maximum Gasteiger partial charge on any atom is 0.0727 e. The van der Waals surface area contributed by atoms with Crippen molar-refractivity contribution < 1.29 is 0 Å². The lowest BCUT2D eigenvalue weighted by Crippen LogP contribution is -2.20. The Balaban J connectivity index is 2.55. The number of hydrogen-bond acceptors (Lipinski definition) is 4. The Morgan fingerprint density at radius 2 is 2.07 bits per heavy atom. The van der Waals surface area contributed by atoms with E-state index >= 15 is 0 Å². The standard InChI is InChI=1S/C11H14N4/c1-15(2)14-10-6-5-9-8(11(10)12)4-3-7-13-9/h3-7,14H,12H2,1-2H3. The number of nitrogen functional groups attached to an aromatic ring is 1. The van der Waals surface area contributed by atoms with Gasteiger partial charge in [0.2, 0.25) is 0 Å². The first kappa shape index (κ1) is 9.73. The van der Waals surface area contributed by atoms with Crippen molar-refractivity contribution >= 4 is 22.3 Å². The van der Waals surface area contributed by atoms with Crippen molar-refractivity contribution in [3.05, 3.63) is 30.5 Å². The predicted octanol–water partition coefficient (Wildman–Crippen LogP) is 1.71. The first-order chi connectivity index (χ1) is 7.18. The van der Waals surface area contributed by atoms with Gasteiger partial charge in [0.05, 0.1) is 16.9 Å². The van der Waals surface area contributed by atoms with Crippen molar-refractivity contribution in [3.63, 3.8) is 0 Å². The highest BCUT2D eigenvalue weighted by Gasteiger charge is 2.04. The molecule has 1 aromatic carbocycles. The number of nitrogens with one attached hydrogen (secondary N) is 1. The Hall–Kier alpha value is -1.81. The van der Waals surface area contributed by atoms with Gasteiger partial charge in [-0.3, -0.25) is 4.98 Å². The van der Waals surface area contributed by atoms with Crippen LogP contribution in [0.25, 0.3) is 10.9 Å². The molecule has 0 spiro atoms. The first-order valence-electron chi connectivity index (χ1n) is 4.75. The lowest BCUT2D eigenvalue weighted by atomic mass is 10.1. The Morgan fingerprint density at radius 3 is 2.80 bits per heavy atom. The molecule has 0 aliphatic rings. The van der Waals surface area contributed by atoms with E-state index in [2.05, 4.69) is 10.4 Å². The highest BCUT2D eigenvalue weighted by Crippen LogP contribution is 2.27. The quantitative estimate of drug-likeness (QED) is 0.575. The third kappa shape index (κ3) is 1.85. The summed E-state index contributed by atoms with van der Waals surface area (Å²) < 4.78 is 0. The van der Waals surface area contributed by atoms with Crippen LogP contribution in [-0.2, 0) is 0 Å². The van der Waals surface area contributed by atoms with E-state index < -0.39 is 0 Å². The van der Waals surface area contributed by atoms with Gasteiger partial charge >= 0.3 is 0 Å². The van der Waals surface area contributed by atoms with Gasteiger partial charge in [-0.05, 0) is 24.3 Å². The normalized spacial score (nSPS) is 10.9. The fourth-order valence-electron chi connectivity index (χ4n) is 1.51. The van der Waals surface area contributed by atoms with E-state index in [4.69, 9.17) is 5.73 Å². The van der Waals surface area contributed by atoms with Crippen molar-refractivity contribution in [1.29, 1.82) is 0 Å². The number of rotatable bonds is 2. The van der Waals surface area contributed by atoms with Gasteiger partial charge in [-0.15, -0.1) is 0 Å². The lowest BCUT2D eigenvalue weighted by Gasteiger charge is -2.16.